The van der Waals surface area contributed by atoms with Crippen LogP contribution in [0, 0.1) is 0 Å². The van der Waals surface area contributed by atoms with Gasteiger partial charge in [0.05, 0.1) is 16.8 Å². The van der Waals surface area contributed by atoms with E-state index in [1.54, 1.807) is 12.1 Å². The number of halogens is 4. The summed E-state index contributed by atoms with van der Waals surface area (Å²) in [6.45, 7) is 1.49. The highest BCUT2D eigenvalue weighted by molar-refractivity contribution is 9.10. The largest absolute Gasteiger partial charge is 0.490 e. The number of sulfonamides is 1. The van der Waals surface area contributed by atoms with Crippen LogP contribution in [0.1, 0.15) is 36.0 Å². The molecular formula is C20H21BrF3N3O6S. The Balaban J connectivity index is 0.000000509. The van der Waals surface area contributed by atoms with Gasteiger partial charge in [0, 0.05) is 17.6 Å². The summed E-state index contributed by atoms with van der Waals surface area (Å²) < 4.78 is 59.9. The number of anilines is 2. The third kappa shape index (κ3) is 7.87. The normalized spacial score (nSPS) is 14.4. The molecular weight excluding hydrogens is 547 g/mol. The fourth-order valence-corrected chi connectivity index (χ4v) is 4.33. The van der Waals surface area contributed by atoms with Gasteiger partial charge in [-0.25, -0.2) is 23.0 Å². The first-order chi connectivity index (χ1) is 15.8. The van der Waals surface area contributed by atoms with Gasteiger partial charge in [-0.05, 0) is 43.2 Å². The van der Waals surface area contributed by atoms with Crippen molar-refractivity contribution in [2.24, 2.45) is 0 Å². The summed E-state index contributed by atoms with van der Waals surface area (Å²) in [6, 6.07) is 7.49. The number of benzene rings is 1. The molecule has 1 saturated heterocycles. The highest BCUT2D eigenvalue weighted by atomic mass is 79.9. The molecule has 0 saturated carbocycles. The molecule has 34 heavy (non-hydrogen) atoms. The van der Waals surface area contributed by atoms with Gasteiger partial charge in [0.25, 0.3) is 10.0 Å². The molecule has 0 spiro atoms. The number of nitrogens with one attached hydrogen (secondary N) is 1. The number of aromatic nitrogens is 1. The zero-order valence-corrected chi connectivity index (χ0v) is 20.0. The molecule has 1 aromatic heterocycles. The summed E-state index contributed by atoms with van der Waals surface area (Å²) in [4.78, 5) is 26.9. The first-order valence-corrected chi connectivity index (χ1v) is 12.2. The van der Waals surface area contributed by atoms with Gasteiger partial charge in [0.2, 0.25) is 0 Å². The van der Waals surface area contributed by atoms with E-state index in [1.807, 2.05) is 4.90 Å². The van der Waals surface area contributed by atoms with Crippen LogP contribution >= 0.6 is 15.9 Å². The third-order valence-corrected chi connectivity index (χ3v) is 6.55. The van der Waals surface area contributed by atoms with E-state index < -0.39 is 28.1 Å². The molecule has 0 radical (unpaired) electrons. The molecule has 0 atom stereocenters. The lowest BCUT2D eigenvalue weighted by Gasteiger charge is -2.23. The van der Waals surface area contributed by atoms with E-state index in [1.165, 1.54) is 24.4 Å². The molecule has 0 amide bonds. The number of alkyl halides is 3. The predicted molar refractivity (Wildman–Crippen MR) is 121 cm³/mol. The van der Waals surface area contributed by atoms with Crippen LogP contribution in [0.3, 0.4) is 0 Å². The van der Waals surface area contributed by atoms with Gasteiger partial charge < -0.3 is 15.1 Å². The summed E-state index contributed by atoms with van der Waals surface area (Å²) in [7, 11) is -3.83. The second-order valence-corrected chi connectivity index (χ2v) is 9.76. The van der Waals surface area contributed by atoms with Crippen molar-refractivity contribution < 1.29 is 41.4 Å². The molecule has 186 valence electrons. The average Bonchev–Trinajstić information content (AvgIpc) is 3.03. The molecule has 2 heterocycles. The lowest BCUT2D eigenvalue weighted by Crippen LogP contribution is -2.27. The smallest absolute Gasteiger partial charge is 0.478 e. The molecule has 0 bridgehead atoms. The second-order valence-electron chi connectivity index (χ2n) is 7.16. The van der Waals surface area contributed by atoms with Crippen molar-refractivity contribution >= 4 is 49.4 Å². The van der Waals surface area contributed by atoms with E-state index in [9.17, 15) is 31.5 Å². The number of hydrogen-bond acceptors (Lipinski definition) is 6. The van der Waals surface area contributed by atoms with Crippen LogP contribution in [-0.4, -0.2) is 54.8 Å². The number of aromatic carboxylic acids is 1. The van der Waals surface area contributed by atoms with E-state index in [0.717, 1.165) is 43.2 Å². The van der Waals surface area contributed by atoms with Crippen LogP contribution in [-0.2, 0) is 14.8 Å². The van der Waals surface area contributed by atoms with Crippen molar-refractivity contribution in [1.82, 2.24) is 4.98 Å². The summed E-state index contributed by atoms with van der Waals surface area (Å²) in [6.07, 6.45) is 0.481. The fourth-order valence-electron chi connectivity index (χ4n) is 3.03. The van der Waals surface area contributed by atoms with E-state index >= 15 is 0 Å². The molecule has 0 aliphatic carbocycles. The van der Waals surface area contributed by atoms with Crippen LogP contribution in [0.15, 0.2) is 45.9 Å². The number of carboxylic acids is 2. The number of pyridine rings is 1. The molecule has 1 aromatic carbocycles. The molecule has 1 aliphatic heterocycles. The number of rotatable bonds is 5. The first-order valence-electron chi connectivity index (χ1n) is 9.88. The van der Waals surface area contributed by atoms with Gasteiger partial charge in [0.1, 0.15) is 11.4 Å². The van der Waals surface area contributed by atoms with Crippen molar-refractivity contribution in [3.63, 3.8) is 0 Å². The molecule has 0 unspecified atom stereocenters. The van der Waals surface area contributed by atoms with Gasteiger partial charge in [-0.1, -0.05) is 28.8 Å². The Bertz CT molecular complexity index is 1120. The summed E-state index contributed by atoms with van der Waals surface area (Å²) >= 11 is 3.26. The topological polar surface area (TPSA) is 137 Å². The van der Waals surface area contributed by atoms with Crippen molar-refractivity contribution in [3.05, 3.63) is 46.6 Å². The van der Waals surface area contributed by atoms with Gasteiger partial charge in [-0.15, -0.1) is 0 Å². The summed E-state index contributed by atoms with van der Waals surface area (Å²) in [5, 5.41) is 16.7. The quantitative estimate of drug-likeness (QED) is 0.484. The van der Waals surface area contributed by atoms with Gasteiger partial charge in [0.15, 0.2) is 0 Å². The van der Waals surface area contributed by atoms with Crippen LogP contribution < -0.4 is 9.62 Å². The Morgan fingerprint density at radius 2 is 1.56 bits per heavy atom. The first kappa shape index (κ1) is 27.4. The van der Waals surface area contributed by atoms with Crippen molar-refractivity contribution in [2.75, 3.05) is 22.7 Å². The molecule has 3 N–H and O–H groups in total. The molecule has 1 fully saturated rings. The Morgan fingerprint density at radius 3 is 2.03 bits per heavy atom. The third-order valence-electron chi connectivity index (χ3n) is 4.62. The number of carboxylic acid groups (broad SMARTS) is 2. The predicted octanol–water partition coefficient (Wildman–Crippen LogP) is 4.36. The second kappa shape index (κ2) is 11.5. The molecule has 3 rings (SSSR count). The molecule has 14 heteroatoms. The number of aliphatic carboxylic acids is 1. The highest BCUT2D eigenvalue weighted by Gasteiger charge is 2.38. The minimum absolute atomic E-state index is 0.00657. The minimum Gasteiger partial charge on any atom is -0.478 e. The molecule has 2 aromatic rings. The molecule has 1 aliphatic rings. The SMILES string of the molecule is O=C(O)C(F)(F)F.O=C(O)c1cc(NS(=O)(=O)c2ccc(Br)cc2)cnc1N1CCCCCC1. The average molecular weight is 568 g/mol. The van der Waals surface area contributed by atoms with Crippen molar-refractivity contribution in [1.29, 1.82) is 0 Å². The zero-order valence-electron chi connectivity index (χ0n) is 17.5. The number of nitrogens with zero attached hydrogens (tertiary/aromatic N) is 2. The van der Waals surface area contributed by atoms with E-state index in [-0.39, 0.29) is 16.1 Å². The van der Waals surface area contributed by atoms with Crippen molar-refractivity contribution in [2.45, 2.75) is 36.8 Å². The minimum atomic E-state index is -5.08. The maximum Gasteiger partial charge on any atom is 0.490 e. The lowest BCUT2D eigenvalue weighted by atomic mass is 10.2. The summed E-state index contributed by atoms with van der Waals surface area (Å²) in [5.74, 6) is -3.50. The van der Waals surface area contributed by atoms with E-state index in [4.69, 9.17) is 9.90 Å². The van der Waals surface area contributed by atoms with E-state index in [0.29, 0.717) is 5.82 Å². The van der Waals surface area contributed by atoms with Crippen LogP contribution in [0.25, 0.3) is 0 Å². The highest BCUT2D eigenvalue weighted by Crippen LogP contribution is 2.26. The fraction of sp³-hybridized carbons (Fsp3) is 0.350. The van der Waals surface area contributed by atoms with Gasteiger partial charge >= 0.3 is 18.1 Å². The maximum atomic E-state index is 12.5. The van der Waals surface area contributed by atoms with E-state index in [2.05, 4.69) is 25.6 Å². The maximum absolute atomic E-state index is 12.5. The van der Waals surface area contributed by atoms with Crippen LogP contribution in [0.2, 0.25) is 0 Å². The Kier molecular flexibility index (Phi) is 9.27. The Labute approximate surface area is 201 Å². The van der Waals surface area contributed by atoms with Crippen molar-refractivity contribution in [3.8, 4) is 0 Å². The number of carbonyl (C=O) groups is 2. The van der Waals surface area contributed by atoms with Gasteiger partial charge in [-0.2, -0.15) is 13.2 Å². The number of hydrogen-bond donors (Lipinski definition) is 3. The Morgan fingerprint density at radius 1 is 1.03 bits per heavy atom. The van der Waals surface area contributed by atoms with Gasteiger partial charge in [-0.3, -0.25) is 4.72 Å². The molecule has 9 nitrogen and oxygen atoms in total. The van der Waals surface area contributed by atoms with Crippen LogP contribution in [0.4, 0.5) is 24.7 Å². The Hall–Kier alpha value is -2.87. The monoisotopic (exact) mass is 567 g/mol. The van der Waals surface area contributed by atoms with Crippen LogP contribution in [0.5, 0.6) is 0 Å². The lowest BCUT2D eigenvalue weighted by molar-refractivity contribution is -0.192. The standard InChI is InChI=1S/C18H20BrN3O4S.C2HF3O2/c19-13-5-7-15(8-6-13)27(25,26)21-14-11-16(18(23)24)17(20-12-14)22-9-3-1-2-4-10-22;3-2(4,5)1(6)7/h5-8,11-12,21H,1-4,9-10H2,(H,23,24);(H,6,7). The zero-order chi connectivity index (χ0) is 25.5. The summed E-state index contributed by atoms with van der Waals surface area (Å²) in [5.41, 5.74) is 0.113.